The number of anilines is 2. The second-order valence-electron chi connectivity index (χ2n) is 18.4. The van der Waals surface area contributed by atoms with Crippen LogP contribution in [-0.4, -0.2) is 234 Å². The van der Waals surface area contributed by atoms with Gasteiger partial charge in [0.15, 0.2) is 16.9 Å². The molecule has 1 aromatic carbocycles. The molecular formula is C47H68N12O22. The van der Waals surface area contributed by atoms with Crippen LogP contribution in [0.3, 0.4) is 0 Å². The predicted molar refractivity (Wildman–Crippen MR) is 274 cm³/mol. The van der Waals surface area contributed by atoms with E-state index >= 15 is 0 Å². The molecule has 0 saturated heterocycles. The van der Waals surface area contributed by atoms with Crippen LogP contribution in [0.4, 0.5) is 11.6 Å². The fourth-order valence-corrected chi connectivity index (χ4v) is 7.29. The summed E-state index contributed by atoms with van der Waals surface area (Å²) in [6.45, 7) is -2.30. The lowest BCUT2D eigenvalue weighted by Crippen LogP contribution is -2.56. The molecule has 0 aliphatic rings. The first-order valence-electron chi connectivity index (χ1n) is 24.9. The molecule has 6 amide bonds. The zero-order valence-corrected chi connectivity index (χ0v) is 43.4. The van der Waals surface area contributed by atoms with Crippen LogP contribution in [-0.2, 0) is 44.9 Å². The molecule has 81 heavy (non-hydrogen) atoms. The van der Waals surface area contributed by atoms with Crippen molar-refractivity contribution in [3.63, 3.8) is 0 Å². The second kappa shape index (κ2) is 33.0. The van der Waals surface area contributed by atoms with E-state index < -0.39 is 209 Å². The lowest BCUT2D eigenvalue weighted by Gasteiger charge is -2.26. The van der Waals surface area contributed by atoms with Gasteiger partial charge in [-0.15, -0.1) is 0 Å². The molecule has 3 rings (SSSR count). The number of hydrogen-bond acceptors (Lipinski definition) is 25. The van der Waals surface area contributed by atoms with E-state index in [9.17, 15) is 99.0 Å². The number of Topliss-reactive ketones (excluding diaryl/α,β-unsaturated/α-hetero) is 1. The molecule has 2 heterocycles. The summed E-state index contributed by atoms with van der Waals surface area (Å²) in [5.74, 6) is -10.1. The summed E-state index contributed by atoms with van der Waals surface area (Å²) >= 11 is 0. The Hall–Kier alpha value is -7.93. The number of aliphatic carboxylic acids is 2. The van der Waals surface area contributed by atoms with Crippen LogP contribution < -0.4 is 48.5 Å². The van der Waals surface area contributed by atoms with E-state index in [0.717, 1.165) is 6.92 Å². The first-order chi connectivity index (χ1) is 38.1. The minimum absolute atomic E-state index is 0.0149. The molecule has 0 aliphatic heterocycles. The number of aliphatic hydroxyl groups excluding tert-OH is 10. The highest BCUT2D eigenvalue weighted by atomic mass is 16.4. The van der Waals surface area contributed by atoms with Gasteiger partial charge in [0, 0.05) is 50.0 Å². The van der Waals surface area contributed by atoms with E-state index in [4.69, 9.17) is 15.9 Å². The number of ketones is 1. The Bertz CT molecular complexity index is 2700. The topological polar surface area (TPSA) is 578 Å². The molecular weight excluding hydrogens is 1080 g/mol. The Morgan fingerprint density at radius 1 is 0.593 bits per heavy atom. The number of nitrogens with zero attached hydrogens (tertiary/aromatic N) is 3. The van der Waals surface area contributed by atoms with Crippen molar-refractivity contribution in [3.05, 3.63) is 52.1 Å². The Labute approximate surface area is 458 Å². The van der Waals surface area contributed by atoms with Gasteiger partial charge < -0.3 is 104 Å². The highest BCUT2D eigenvalue weighted by Gasteiger charge is 2.34. The first-order valence-corrected chi connectivity index (χ1v) is 24.9. The molecule has 448 valence electrons. The van der Waals surface area contributed by atoms with Gasteiger partial charge in [0.25, 0.3) is 11.5 Å². The monoisotopic (exact) mass is 1150 g/mol. The first kappa shape index (κ1) is 67.3. The number of aromatic nitrogens is 4. The van der Waals surface area contributed by atoms with Crippen molar-refractivity contribution < 1.29 is 104 Å². The third kappa shape index (κ3) is 22.3. The number of rotatable bonds is 36. The lowest BCUT2D eigenvalue weighted by atomic mass is 10.0. The summed E-state index contributed by atoms with van der Waals surface area (Å²) in [6, 6.07) is -1.14. The number of H-pyrrole nitrogens is 1. The van der Waals surface area contributed by atoms with Crippen LogP contribution >= 0.6 is 0 Å². The van der Waals surface area contributed by atoms with Crippen molar-refractivity contribution >= 4 is 76.0 Å². The molecule has 0 aliphatic carbocycles. The average Bonchev–Trinajstić information content (AvgIpc) is 3.43. The summed E-state index contributed by atoms with van der Waals surface area (Å²) in [5, 5.41) is 133. The fourth-order valence-electron chi connectivity index (χ4n) is 7.29. The van der Waals surface area contributed by atoms with Gasteiger partial charge >= 0.3 is 11.9 Å². The fraction of sp³-hybridized carbons (Fsp3) is 0.553. The lowest BCUT2D eigenvalue weighted by molar-refractivity contribution is -0.140. The average molecular weight is 1150 g/mol. The summed E-state index contributed by atoms with van der Waals surface area (Å²) in [4.78, 5) is 143. The standard InChI is InChI=1S/C47H68N12O22/c1-20(62)24(6-10-32(67)50-16-28(63)37(72)39(74)30(65)18-60)55-44(78)26(9-13-35(70)71)56-43(77)25(7-11-33(68)51-17-29(64)38(73)40(75)31(66)19-61)54-34(69)12-8-27(46(80)81)57-42(76)21-2-4-22(5-3-21)49-14-23-15-52-41-36(53-23)45(79)59-47(48)58-41/h2-5,15,24-31,37-40,49,60-61,63-66,72-75H,6-14,16-19H2,1H3,(H,50,67)(H,51,68)(H,54,69)(H,55,78)(H,56,77)(H,57,76)(H,70,71)(H,80,81)(H3,48,52,58,59,79)/t24-,25-,26-,27-,28-,29-,30+,31+,37+,38+,39+,40+/m0/s1. The van der Waals surface area contributed by atoms with Gasteiger partial charge in [0.05, 0.1) is 49.9 Å². The number of fused-ring (bicyclic) bond motifs is 1. The van der Waals surface area contributed by atoms with E-state index in [-0.39, 0.29) is 29.2 Å². The maximum Gasteiger partial charge on any atom is 0.326 e. The van der Waals surface area contributed by atoms with Crippen LogP contribution in [0.2, 0.25) is 0 Å². The molecule has 0 bridgehead atoms. The van der Waals surface area contributed by atoms with E-state index in [1.807, 2.05) is 0 Å². The van der Waals surface area contributed by atoms with Gasteiger partial charge in [-0.25, -0.2) is 14.8 Å². The molecule has 0 spiro atoms. The number of nitrogens with two attached hydrogens (primary N) is 1. The number of hydrogen-bond donors (Lipinski definition) is 21. The van der Waals surface area contributed by atoms with Gasteiger partial charge in [0.1, 0.15) is 54.7 Å². The number of carbonyl (C=O) groups excluding carboxylic acids is 7. The van der Waals surface area contributed by atoms with Crippen LogP contribution in [0.25, 0.3) is 11.2 Å². The van der Waals surface area contributed by atoms with Gasteiger partial charge in [-0.3, -0.25) is 48.1 Å². The third-order valence-electron chi connectivity index (χ3n) is 12.1. The Morgan fingerprint density at radius 3 is 1.57 bits per heavy atom. The normalized spacial score (nSPS) is 15.8. The van der Waals surface area contributed by atoms with Crippen LogP contribution in [0.15, 0.2) is 35.3 Å². The molecule has 2 aromatic heterocycles. The summed E-state index contributed by atoms with van der Waals surface area (Å²) < 4.78 is 0. The van der Waals surface area contributed by atoms with E-state index in [1.54, 1.807) is 0 Å². The summed E-state index contributed by atoms with van der Waals surface area (Å²) in [6.07, 6.45) is -19.2. The Kier molecular flexibility index (Phi) is 27.4. The van der Waals surface area contributed by atoms with Crippen molar-refractivity contribution in [2.24, 2.45) is 0 Å². The summed E-state index contributed by atoms with van der Waals surface area (Å²) in [7, 11) is 0. The Morgan fingerprint density at radius 2 is 1.06 bits per heavy atom. The van der Waals surface area contributed by atoms with Crippen LogP contribution in [0, 0.1) is 0 Å². The van der Waals surface area contributed by atoms with Gasteiger partial charge in [-0.1, -0.05) is 0 Å². The minimum Gasteiger partial charge on any atom is -0.481 e. The molecule has 34 nitrogen and oxygen atoms in total. The van der Waals surface area contributed by atoms with Gasteiger partial charge in [-0.05, 0) is 56.9 Å². The molecule has 0 radical (unpaired) electrons. The second-order valence-corrected chi connectivity index (χ2v) is 18.4. The maximum atomic E-state index is 13.9. The number of aliphatic hydroxyl groups is 10. The van der Waals surface area contributed by atoms with Crippen LogP contribution in [0.1, 0.15) is 74.3 Å². The van der Waals surface area contributed by atoms with E-state index in [2.05, 4.69) is 57.2 Å². The smallest absolute Gasteiger partial charge is 0.326 e. The third-order valence-corrected chi connectivity index (χ3v) is 12.1. The molecule has 22 N–H and O–H groups in total. The highest BCUT2D eigenvalue weighted by molar-refractivity contribution is 5.97. The molecule has 3 aromatic rings. The molecule has 0 unspecified atom stereocenters. The number of aromatic amines is 1. The minimum atomic E-state index is -2.07. The molecule has 34 heteroatoms. The SMILES string of the molecule is CC(=O)[C@H](CCC(=O)NC[C@H](O)[C@@H](O)[C@H](O)[C@H](O)CO)NC(=O)[C@H](CCC(=O)O)NC(=O)[C@H](CCC(=O)NC[C@H](O)[C@@H](O)[C@H](O)[C@H](O)CO)NC(=O)CC[C@H](NC(=O)c1ccc(NCc2cnc3nc(N)[nH]c(=O)c3n2)cc1)C(=O)O. The number of carbonyl (C=O) groups is 9. The summed E-state index contributed by atoms with van der Waals surface area (Å²) in [5.41, 5.74) is 5.71. The molecule has 0 saturated carbocycles. The number of amides is 6. The van der Waals surface area contributed by atoms with Crippen LogP contribution in [0.5, 0.6) is 0 Å². The maximum absolute atomic E-state index is 13.9. The zero-order valence-electron chi connectivity index (χ0n) is 43.4. The molecule has 12 atom stereocenters. The number of benzene rings is 1. The zero-order chi connectivity index (χ0) is 60.7. The number of nitrogen functional groups attached to an aromatic ring is 1. The van der Waals surface area contributed by atoms with Gasteiger partial charge in [-0.2, -0.15) is 4.98 Å². The highest BCUT2D eigenvalue weighted by Crippen LogP contribution is 2.14. The van der Waals surface area contributed by atoms with Crippen molar-refractivity contribution in [2.75, 3.05) is 37.4 Å². The number of carboxylic acids is 2. The van der Waals surface area contributed by atoms with Crippen molar-refractivity contribution in [1.29, 1.82) is 0 Å². The van der Waals surface area contributed by atoms with Crippen molar-refractivity contribution in [2.45, 2.75) is 138 Å². The predicted octanol–water partition coefficient (Wildman–Crippen LogP) is -8.56. The van der Waals surface area contributed by atoms with Crippen molar-refractivity contribution in [1.82, 2.24) is 51.8 Å². The number of nitrogens with one attached hydrogen (secondary N) is 8. The quantitative estimate of drug-likeness (QED) is 0.0257. The Balaban J connectivity index is 1.73. The number of carboxylic acid groups (broad SMARTS) is 2. The van der Waals surface area contributed by atoms with E-state index in [0.29, 0.717) is 11.4 Å². The largest absolute Gasteiger partial charge is 0.481 e. The van der Waals surface area contributed by atoms with Crippen molar-refractivity contribution in [3.8, 4) is 0 Å². The van der Waals surface area contributed by atoms with E-state index in [1.165, 1.54) is 30.5 Å². The molecule has 0 fully saturated rings. The van der Waals surface area contributed by atoms with Gasteiger partial charge in [0.2, 0.25) is 35.5 Å².